The van der Waals surface area contributed by atoms with Gasteiger partial charge in [0, 0.05) is 11.6 Å². The van der Waals surface area contributed by atoms with E-state index in [0.717, 1.165) is 31.4 Å². The van der Waals surface area contributed by atoms with Crippen LogP contribution in [-0.4, -0.2) is 18.5 Å². The molecule has 1 aromatic carbocycles. The number of rotatable bonds is 3. The Morgan fingerprint density at radius 2 is 2.17 bits per heavy atom. The summed E-state index contributed by atoms with van der Waals surface area (Å²) in [5.41, 5.74) is 0.957. The van der Waals surface area contributed by atoms with Crippen molar-refractivity contribution in [1.82, 2.24) is 10.6 Å². The van der Waals surface area contributed by atoms with Gasteiger partial charge in [-0.15, -0.1) is 12.4 Å². The molecule has 0 aliphatic carbocycles. The molecule has 1 heterocycles. The molecule has 1 aliphatic rings. The number of hydrogen-bond donors (Lipinski definition) is 2. The maximum atomic E-state index is 11.9. The van der Waals surface area contributed by atoms with E-state index in [0.29, 0.717) is 11.6 Å². The summed E-state index contributed by atoms with van der Waals surface area (Å²) >= 11 is 6.03. The Balaban J connectivity index is 0.00000162. The molecule has 1 saturated heterocycles. The first kappa shape index (κ1) is 15.3. The molecule has 0 aromatic heterocycles. The van der Waals surface area contributed by atoms with Crippen molar-refractivity contribution in [3.05, 3.63) is 34.9 Å². The molecule has 0 bridgehead atoms. The number of nitrogens with one attached hydrogen (secondary N) is 2. The number of hydrogen-bond acceptors (Lipinski definition) is 2. The summed E-state index contributed by atoms with van der Waals surface area (Å²) in [6.45, 7) is 1.43. The highest BCUT2D eigenvalue weighted by Gasteiger charge is 2.19. The van der Waals surface area contributed by atoms with E-state index in [9.17, 15) is 4.79 Å². The fourth-order valence-corrected chi connectivity index (χ4v) is 2.23. The molecule has 0 unspecified atom stereocenters. The molecule has 100 valence electrons. The van der Waals surface area contributed by atoms with Crippen LogP contribution in [0.2, 0.25) is 5.02 Å². The third kappa shape index (κ3) is 4.16. The number of benzene rings is 1. The fourth-order valence-electron chi connectivity index (χ4n) is 2.02. The summed E-state index contributed by atoms with van der Waals surface area (Å²) in [6.07, 6.45) is 3.21. The lowest BCUT2D eigenvalue weighted by molar-refractivity contribution is -0.123. The third-order valence-electron chi connectivity index (χ3n) is 3.04. The molecular weight excluding hydrogens is 271 g/mol. The van der Waals surface area contributed by atoms with E-state index >= 15 is 0 Å². The predicted molar refractivity (Wildman–Crippen MR) is 76.2 cm³/mol. The van der Waals surface area contributed by atoms with E-state index in [1.807, 2.05) is 24.3 Å². The molecule has 1 aliphatic heterocycles. The minimum absolute atomic E-state index is 0. The van der Waals surface area contributed by atoms with Crippen LogP contribution >= 0.6 is 24.0 Å². The van der Waals surface area contributed by atoms with Gasteiger partial charge in [-0.3, -0.25) is 4.79 Å². The second-order valence-electron chi connectivity index (χ2n) is 4.31. The quantitative estimate of drug-likeness (QED) is 0.897. The maximum absolute atomic E-state index is 11.9. The van der Waals surface area contributed by atoms with Crippen LogP contribution in [0.1, 0.15) is 24.8 Å². The highest BCUT2D eigenvalue weighted by molar-refractivity contribution is 6.31. The van der Waals surface area contributed by atoms with Gasteiger partial charge >= 0.3 is 0 Å². The molecule has 1 amide bonds. The number of carbonyl (C=O) groups is 1. The lowest BCUT2D eigenvalue weighted by Gasteiger charge is -2.22. The van der Waals surface area contributed by atoms with Crippen molar-refractivity contribution < 1.29 is 4.79 Å². The topological polar surface area (TPSA) is 41.1 Å². The molecular formula is C13H18Cl2N2O. The van der Waals surface area contributed by atoms with E-state index in [1.165, 1.54) is 0 Å². The summed E-state index contributed by atoms with van der Waals surface area (Å²) in [5.74, 6) is 0.0737. The minimum atomic E-state index is -0.0359. The van der Waals surface area contributed by atoms with Crippen LogP contribution in [0, 0.1) is 0 Å². The normalized spacial score (nSPS) is 18.8. The Bertz CT molecular complexity index is 392. The minimum Gasteiger partial charge on any atom is -0.351 e. The lowest BCUT2D eigenvalue weighted by Crippen LogP contribution is -2.46. The Hall–Kier alpha value is -0.770. The van der Waals surface area contributed by atoms with Crippen LogP contribution < -0.4 is 10.6 Å². The van der Waals surface area contributed by atoms with E-state index in [4.69, 9.17) is 11.6 Å². The first-order valence-electron chi connectivity index (χ1n) is 6.02. The predicted octanol–water partition coefficient (Wildman–Crippen LogP) is 2.52. The monoisotopic (exact) mass is 288 g/mol. The number of halogens is 2. The van der Waals surface area contributed by atoms with Crippen LogP contribution in [0.5, 0.6) is 0 Å². The summed E-state index contributed by atoms with van der Waals surface area (Å²) < 4.78 is 0. The summed E-state index contributed by atoms with van der Waals surface area (Å²) in [6, 6.07) is 7.53. The zero-order valence-electron chi connectivity index (χ0n) is 10.1. The van der Waals surface area contributed by atoms with Crippen LogP contribution in [0.3, 0.4) is 0 Å². The first-order chi connectivity index (χ1) is 8.27. The number of piperidine rings is 1. The molecule has 2 rings (SSSR count). The average Bonchev–Trinajstić information content (AvgIpc) is 2.38. The van der Waals surface area contributed by atoms with Gasteiger partial charge in [0.2, 0.25) is 5.91 Å². The Morgan fingerprint density at radius 3 is 2.83 bits per heavy atom. The van der Waals surface area contributed by atoms with Crippen LogP contribution in [0.4, 0.5) is 0 Å². The molecule has 18 heavy (non-hydrogen) atoms. The standard InChI is InChI=1S/C13H17ClN2O.ClH/c14-11-6-2-1-5-10(11)9-16-13(17)12-7-3-4-8-15-12;/h1-2,5-6,12,15H,3-4,7-9H2,(H,16,17);1H/t12-;/m1./s1. The van der Waals surface area contributed by atoms with Gasteiger partial charge in [0.1, 0.15) is 0 Å². The molecule has 0 saturated carbocycles. The molecule has 2 N–H and O–H groups in total. The number of amides is 1. The van der Waals surface area contributed by atoms with Crippen molar-refractivity contribution in [2.75, 3.05) is 6.54 Å². The van der Waals surface area contributed by atoms with Crippen LogP contribution in [-0.2, 0) is 11.3 Å². The van der Waals surface area contributed by atoms with Gasteiger partial charge in [-0.05, 0) is 31.0 Å². The summed E-state index contributed by atoms with van der Waals surface area (Å²) in [5, 5.41) is 6.85. The van der Waals surface area contributed by atoms with Gasteiger partial charge < -0.3 is 10.6 Å². The second-order valence-corrected chi connectivity index (χ2v) is 4.72. The molecule has 1 fully saturated rings. The van der Waals surface area contributed by atoms with Gasteiger partial charge in [-0.25, -0.2) is 0 Å². The van der Waals surface area contributed by atoms with E-state index in [-0.39, 0.29) is 24.4 Å². The van der Waals surface area contributed by atoms with Gasteiger partial charge in [0.05, 0.1) is 6.04 Å². The highest BCUT2D eigenvalue weighted by atomic mass is 35.5. The summed E-state index contributed by atoms with van der Waals surface area (Å²) in [7, 11) is 0. The van der Waals surface area contributed by atoms with Crippen molar-refractivity contribution in [2.45, 2.75) is 31.8 Å². The second kappa shape index (κ2) is 7.62. The molecule has 1 aromatic rings. The average molecular weight is 289 g/mol. The van der Waals surface area contributed by atoms with Crippen molar-refractivity contribution in [2.24, 2.45) is 0 Å². The van der Waals surface area contributed by atoms with E-state index in [2.05, 4.69) is 10.6 Å². The Morgan fingerprint density at radius 1 is 1.39 bits per heavy atom. The first-order valence-corrected chi connectivity index (χ1v) is 6.39. The summed E-state index contributed by atoms with van der Waals surface area (Å²) in [4.78, 5) is 11.9. The zero-order chi connectivity index (χ0) is 12.1. The van der Waals surface area contributed by atoms with Crippen molar-refractivity contribution in [3.8, 4) is 0 Å². The van der Waals surface area contributed by atoms with Crippen molar-refractivity contribution >= 4 is 29.9 Å². The van der Waals surface area contributed by atoms with Crippen molar-refractivity contribution in [1.29, 1.82) is 0 Å². The molecule has 3 nitrogen and oxygen atoms in total. The lowest BCUT2D eigenvalue weighted by atomic mass is 10.0. The number of carbonyl (C=O) groups excluding carboxylic acids is 1. The van der Waals surface area contributed by atoms with Gasteiger partial charge in [0.25, 0.3) is 0 Å². The smallest absolute Gasteiger partial charge is 0.237 e. The SMILES string of the molecule is Cl.O=C(NCc1ccccc1Cl)[C@H]1CCCCN1. The van der Waals surface area contributed by atoms with Crippen LogP contribution in [0.25, 0.3) is 0 Å². The van der Waals surface area contributed by atoms with Gasteiger partial charge in [-0.1, -0.05) is 36.2 Å². The Kier molecular flexibility index (Phi) is 6.47. The Labute approximate surface area is 119 Å². The third-order valence-corrected chi connectivity index (χ3v) is 3.41. The van der Waals surface area contributed by atoms with E-state index < -0.39 is 0 Å². The largest absolute Gasteiger partial charge is 0.351 e. The molecule has 5 heteroatoms. The van der Waals surface area contributed by atoms with Crippen LogP contribution in [0.15, 0.2) is 24.3 Å². The van der Waals surface area contributed by atoms with Crippen molar-refractivity contribution in [3.63, 3.8) is 0 Å². The van der Waals surface area contributed by atoms with Gasteiger partial charge in [0.15, 0.2) is 0 Å². The zero-order valence-corrected chi connectivity index (χ0v) is 11.7. The molecule has 0 spiro atoms. The fraction of sp³-hybridized carbons (Fsp3) is 0.462. The van der Waals surface area contributed by atoms with E-state index in [1.54, 1.807) is 0 Å². The maximum Gasteiger partial charge on any atom is 0.237 e. The highest BCUT2D eigenvalue weighted by Crippen LogP contribution is 2.14. The van der Waals surface area contributed by atoms with Gasteiger partial charge in [-0.2, -0.15) is 0 Å². The molecule has 1 atom stereocenters. The molecule has 0 radical (unpaired) electrons.